The largest absolute Gasteiger partial charge is 0.492 e. The number of ether oxygens (including phenoxy) is 1. The lowest BCUT2D eigenvalue weighted by molar-refractivity contribution is 0.189. The average molecular weight is 346 g/mol. The van der Waals surface area contributed by atoms with Crippen molar-refractivity contribution in [3.8, 4) is 5.75 Å². The molecule has 0 unspecified atom stereocenters. The molecule has 2 aromatic rings. The minimum atomic E-state index is -0.360. The highest BCUT2D eigenvalue weighted by Gasteiger charge is 2.32. The van der Waals surface area contributed by atoms with E-state index in [1.807, 2.05) is 0 Å². The molecule has 4 nitrogen and oxygen atoms in total. The molecule has 1 aliphatic carbocycles. The fourth-order valence-electron chi connectivity index (χ4n) is 2.52. The van der Waals surface area contributed by atoms with Gasteiger partial charge in [-0.1, -0.05) is 18.2 Å². The van der Waals surface area contributed by atoms with E-state index in [1.165, 1.54) is 24.3 Å². The Labute approximate surface area is 145 Å². The Bertz CT molecular complexity index is 718. The van der Waals surface area contributed by atoms with Gasteiger partial charge in [-0.05, 0) is 42.7 Å². The highest BCUT2D eigenvalue weighted by molar-refractivity contribution is 5.74. The zero-order valence-corrected chi connectivity index (χ0v) is 13.8. The molecule has 1 fully saturated rings. The maximum Gasteiger partial charge on any atom is 0.318 e. The molecule has 3 rings (SSSR count). The molecule has 2 amide bonds. The summed E-state index contributed by atoms with van der Waals surface area (Å²) in [6, 6.07) is 12.1. The van der Waals surface area contributed by atoms with Crippen LogP contribution in [0.2, 0.25) is 0 Å². The second-order valence-electron chi connectivity index (χ2n) is 6.02. The number of rotatable bonds is 7. The van der Waals surface area contributed by atoms with E-state index in [-0.39, 0.29) is 30.3 Å². The summed E-state index contributed by atoms with van der Waals surface area (Å²) in [6.07, 6.45) is 1.96. The van der Waals surface area contributed by atoms with Crippen LogP contribution in [-0.4, -0.2) is 30.1 Å². The van der Waals surface area contributed by atoms with Crippen molar-refractivity contribution in [2.45, 2.75) is 25.4 Å². The minimum absolute atomic E-state index is 0.172. The SMILES string of the molecule is O=C(NCCOc1cccc(F)c1)N(Cc1ccc(F)cc1)C1CC1. The van der Waals surface area contributed by atoms with Crippen molar-refractivity contribution in [3.63, 3.8) is 0 Å². The van der Waals surface area contributed by atoms with Gasteiger partial charge >= 0.3 is 6.03 Å². The molecule has 25 heavy (non-hydrogen) atoms. The van der Waals surface area contributed by atoms with Crippen LogP contribution in [0.5, 0.6) is 5.75 Å². The Balaban J connectivity index is 1.47. The lowest BCUT2D eigenvalue weighted by Crippen LogP contribution is -2.42. The summed E-state index contributed by atoms with van der Waals surface area (Å²) in [7, 11) is 0. The summed E-state index contributed by atoms with van der Waals surface area (Å²) in [5.74, 6) is -0.221. The fraction of sp³-hybridized carbons (Fsp3) is 0.316. The van der Waals surface area contributed by atoms with Gasteiger partial charge in [0, 0.05) is 18.7 Å². The van der Waals surface area contributed by atoms with E-state index >= 15 is 0 Å². The molecule has 0 atom stereocenters. The van der Waals surface area contributed by atoms with E-state index in [4.69, 9.17) is 4.74 Å². The number of halogens is 2. The number of carbonyl (C=O) groups is 1. The van der Waals surface area contributed by atoms with Crippen molar-refractivity contribution in [1.82, 2.24) is 10.2 Å². The summed E-state index contributed by atoms with van der Waals surface area (Å²) in [6.45, 7) is 1.02. The summed E-state index contributed by atoms with van der Waals surface area (Å²) < 4.78 is 31.5. The summed E-state index contributed by atoms with van der Waals surface area (Å²) in [5.41, 5.74) is 0.888. The first-order valence-electron chi connectivity index (χ1n) is 8.29. The Hall–Kier alpha value is -2.63. The fourth-order valence-corrected chi connectivity index (χ4v) is 2.52. The number of benzene rings is 2. The molecule has 1 saturated carbocycles. The Morgan fingerprint density at radius 1 is 1.12 bits per heavy atom. The quantitative estimate of drug-likeness (QED) is 0.777. The molecule has 6 heteroatoms. The molecule has 0 aromatic heterocycles. The Kier molecular flexibility index (Phi) is 5.48. The third-order valence-corrected chi connectivity index (χ3v) is 3.96. The van der Waals surface area contributed by atoms with E-state index in [0.29, 0.717) is 18.8 Å². The predicted octanol–water partition coefficient (Wildman–Crippen LogP) is 3.72. The van der Waals surface area contributed by atoms with Gasteiger partial charge in [0.2, 0.25) is 0 Å². The van der Waals surface area contributed by atoms with Crippen LogP contribution in [0.1, 0.15) is 18.4 Å². The third-order valence-electron chi connectivity index (χ3n) is 3.96. The second-order valence-corrected chi connectivity index (χ2v) is 6.02. The number of hydrogen-bond acceptors (Lipinski definition) is 2. The molecule has 1 aliphatic rings. The first-order valence-corrected chi connectivity index (χ1v) is 8.29. The number of nitrogens with zero attached hydrogens (tertiary/aromatic N) is 1. The smallest absolute Gasteiger partial charge is 0.318 e. The topological polar surface area (TPSA) is 41.6 Å². The number of nitrogens with one attached hydrogen (secondary N) is 1. The van der Waals surface area contributed by atoms with Crippen molar-refractivity contribution in [2.75, 3.05) is 13.2 Å². The van der Waals surface area contributed by atoms with E-state index in [2.05, 4.69) is 5.32 Å². The normalized spacial score (nSPS) is 13.4. The van der Waals surface area contributed by atoms with Crippen LogP contribution in [0.25, 0.3) is 0 Å². The zero-order chi connectivity index (χ0) is 17.6. The van der Waals surface area contributed by atoms with E-state index < -0.39 is 0 Å². The van der Waals surface area contributed by atoms with E-state index in [1.54, 1.807) is 29.2 Å². The van der Waals surface area contributed by atoms with Crippen LogP contribution < -0.4 is 10.1 Å². The summed E-state index contributed by atoms with van der Waals surface area (Å²) in [5, 5.41) is 2.81. The maximum atomic E-state index is 13.1. The monoisotopic (exact) mass is 346 g/mol. The van der Waals surface area contributed by atoms with Crippen LogP contribution in [0.15, 0.2) is 48.5 Å². The number of amides is 2. The van der Waals surface area contributed by atoms with Gasteiger partial charge < -0.3 is 15.0 Å². The molecule has 2 aromatic carbocycles. The van der Waals surface area contributed by atoms with Crippen molar-refractivity contribution in [1.29, 1.82) is 0 Å². The van der Waals surface area contributed by atoms with Gasteiger partial charge in [-0.2, -0.15) is 0 Å². The van der Waals surface area contributed by atoms with Crippen LogP contribution in [-0.2, 0) is 6.54 Å². The van der Waals surface area contributed by atoms with Gasteiger partial charge in [-0.25, -0.2) is 13.6 Å². The van der Waals surface area contributed by atoms with Crippen molar-refractivity contribution in [2.24, 2.45) is 0 Å². The van der Waals surface area contributed by atoms with Gasteiger partial charge in [0.05, 0.1) is 6.54 Å². The molecule has 0 saturated heterocycles. The van der Waals surface area contributed by atoms with Gasteiger partial charge in [0.1, 0.15) is 24.0 Å². The van der Waals surface area contributed by atoms with Gasteiger partial charge in [0.15, 0.2) is 0 Å². The second kappa shape index (κ2) is 7.96. The Morgan fingerprint density at radius 3 is 2.56 bits per heavy atom. The highest BCUT2D eigenvalue weighted by atomic mass is 19.1. The number of urea groups is 1. The van der Waals surface area contributed by atoms with Crippen LogP contribution in [0, 0.1) is 11.6 Å². The molecular formula is C19H20F2N2O2. The molecule has 0 heterocycles. The van der Waals surface area contributed by atoms with Crippen LogP contribution >= 0.6 is 0 Å². The molecule has 0 aliphatic heterocycles. The third kappa shape index (κ3) is 5.17. The predicted molar refractivity (Wildman–Crippen MR) is 90.3 cm³/mol. The molecule has 132 valence electrons. The lowest BCUT2D eigenvalue weighted by Gasteiger charge is -2.23. The Morgan fingerprint density at radius 2 is 1.88 bits per heavy atom. The van der Waals surface area contributed by atoms with Crippen molar-refractivity contribution in [3.05, 3.63) is 65.7 Å². The van der Waals surface area contributed by atoms with Crippen LogP contribution in [0.4, 0.5) is 13.6 Å². The van der Waals surface area contributed by atoms with Crippen LogP contribution in [0.3, 0.4) is 0 Å². The minimum Gasteiger partial charge on any atom is -0.492 e. The zero-order valence-electron chi connectivity index (χ0n) is 13.8. The highest BCUT2D eigenvalue weighted by Crippen LogP contribution is 2.28. The maximum absolute atomic E-state index is 13.1. The molecule has 0 spiro atoms. The first kappa shape index (κ1) is 17.2. The summed E-state index contributed by atoms with van der Waals surface area (Å²) in [4.78, 5) is 14.1. The summed E-state index contributed by atoms with van der Waals surface area (Å²) >= 11 is 0. The molecule has 1 N–H and O–H groups in total. The van der Waals surface area contributed by atoms with Gasteiger partial charge in [-0.15, -0.1) is 0 Å². The van der Waals surface area contributed by atoms with Gasteiger partial charge in [0.25, 0.3) is 0 Å². The average Bonchev–Trinajstić information content (AvgIpc) is 3.43. The van der Waals surface area contributed by atoms with E-state index in [9.17, 15) is 13.6 Å². The standard InChI is InChI=1S/C19H20F2N2O2/c20-15-6-4-14(5-7-15)13-23(17-8-9-17)19(24)22-10-11-25-18-3-1-2-16(21)12-18/h1-7,12,17H,8-11,13H2,(H,22,24). The van der Waals surface area contributed by atoms with Crippen molar-refractivity contribution >= 4 is 6.03 Å². The number of hydrogen-bond donors (Lipinski definition) is 1. The number of carbonyl (C=O) groups excluding carboxylic acids is 1. The van der Waals surface area contributed by atoms with Crippen molar-refractivity contribution < 1.29 is 18.3 Å². The first-order chi connectivity index (χ1) is 12.1. The molecule has 0 radical (unpaired) electrons. The van der Waals surface area contributed by atoms with E-state index in [0.717, 1.165) is 18.4 Å². The molecule has 0 bridgehead atoms. The lowest BCUT2D eigenvalue weighted by atomic mass is 10.2. The molecular weight excluding hydrogens is 326 g/mol. The van der Waals surface area contributed by atoms with Gasteiger partial charge in [-0.3, -0.25) is 0 Å².